The van der Waals surface area contributed by atoms with E-state index >= 15 is 0 Å². The van der Waals surface area contributed by atoms with Crippen LogP contribution in [0, 0.1) is 17.8 Å². The molecule has 0 amide bonds. The molecule has 0 aliphatic heterocycles. The Morgan fingerprint density at radius 3 is 2.47 bits per heavy atom. The van der Waals surface area contributed by atoms with Crippen LogP contribution in [0.5, 0.6) is 0 Å². The molecule has 0 saturated heterocycles. The van der Waals surface area contributed by atoms with E-state index in [2.05, 4.69) is 20.8 Å². The van der Waals surface area contributed by atoms with Crippen molar-refractivity contribution in [3.63, 3.8) is 0 Å². The van der Waals surface area contributed by atoms with Gasteiger partial charge >= 0.3 is 5.97 Å². The molecule has 3 nitrogen and oxygen atoms in total. The van der Waals surface area contributed by atoms with Crippen molar-refractivity contribution in [1.29, 1.82) is 0 Å². The van der Waals surface area contributed by atoms with E-state index in [-0.39, 0.29) is 24.3 Å². The summed E-state index contributed by atoms with van der Waals surface area (Å²) in [5, 5.41) is 0. The van der Waals surface area contributed by atoms with Gasteiger partial charge < -0.3 is 4.74 Å². The smallest absolute Gasteiger partial charge is 0.313 e. The second kappa shape index (κ2) is 6.18. The molecule has 1 saturated carbocycles. The molecule has 1 fully saturated rings. The summed E-state index contributed by atoms with van der Waals surface area (Å²) in [6.07, 6.45) is 3.19. The molecule has 0 N–H and O–H groups in total. The first-order valence-corrected chi connectivity index (χ1v) is 6.59. The molecule has 0 aromatic carbocycles. The predicted octanol–water partition coefficient (Wildman–Crippen LogP) is 2.97. The second-order valence-corrected chi connectivity index (χ2v) is 5.73. The van der Waals surface area contributed by atoms with Crippen LogP contribution < -0.4 is 0 Å². The minimum Gasteiger partial charge on any atom is -0.462 e. The Morgan fingerprint density at radius 2 is 1.94 bits per heavy atom. The van der Waals surface area contributed by atoms with Gasteiger partial charge in [0.25, 0.3) is 0 Å². The average molecular weight is 240 g/mol. The van der Waals surface area contributed by atoms with Crippen LogP contribution in [0.25, 0.3) is 0 Å². The molecule has 1 rings (SSSR count). The monoisotopic (exact) mass is 240 g/mol. The van der Waals surface area contributed by atoms with E-state index in [0.29, 0.717) is 17.8 Å². The fourth-order valence-electron chi connectivity index (χ4n) is 2.66. The van der Waals surface area contributed by atoms with Crippen LogP contribution >= 0.6 is 0 Å². The Kier molecular flexibility index (Phi) is 5.16. The summed E-state index contributed by atoms with van der Waals surface area (Å²) < 4.78 is 5.49. The van der Waals surface area contributed by atoms with E-state index in [0.717, 1.165) is 12.8 Å². The Balaban J connectivity index is 2.57. The van der Waals surface area contributed by atoms with Gasteiger partial charge in [-0.1, -0.05) is 27.2 Å². The van der Waals surface area contributed by atoms with E-state index < -0.39 is 0 Å². The number of ketones is 1. The van der Waals surface area contributed by atoms with E-state index in [1.165, 1.54) is 13.3 Å². The lowest BCUT2D eigenvalue weighted by Crippen LogP contribution is -2.36. The maximum absolute atomic E-state index is 11.6. The molecule has 0 heterocycles. The lowest BCUT2D eigenvalue weighted by Gasteiger charge is -2.36. The maximum Gasteiger partial charge on any atom is 0.313 e. The first-order valence-electron chi connectivity index (χ1n) is 6.59. The number of hydrogen-bond acceptors (Lipinski definition) is 3. The van der Waals surface area contributed by atoms with Crippen molar-refractivity contribution in [1.82, 2.24) is 0 Å². The number of Topliss-reactive ketones (excluding diaryl/α,β-unsaturated/α-hetero) is 1. The molecule has 1 aliphatic rings. The molecule has 98 valence electrons. The van der Waals surface area contributed by atoms with Gasteiger partial charge in [0.05, 0.1) is 0 Å². The second-order valence-electron chi connectivity index (χ2n) is 5.73. The number of rotatable bonds is 4. The molecular formula is C14H24O3. The summed E-state index contributed by atoms with van der Waals surface area (Å²) in [6.45, 7) is 7.96. The SMILES string of the molecule is CC(=O)CC(=O)O[C@@H]1CC(C)CC[C@H]1C(C)C. The largest absolute Gasteiger partial charge is 0.462 e. The van der Waals surface area contributed by atoms with Crippen molar-refractivity contribution in [3.05, 3.63) is 0 Å². The Morgan fingerprint density at radius 1 is 1.29 bits per heavy atom. The normalized spacial score (nSPS) is 29.1. The van der Waals surface area contributed by atoms with Crippen LogP contribution in [0.1, 0.15) is 53.4 Å². The third kappa shape index (κ3) is 4.49. The third-order valence-electron chi connectivity index (χ3n) is 3.64. The lowest BCUT2D eigenvalue weighted by molar-refractivity contribution is -0.157. The minimum atomic E-state index is -0.359. The van der Waals surface area contributed by atoms with Gasteiger partial charge in [-0.2, -0.15) is 0 Å². The molecule has 0 radical (unpaired) electrons. The third-order valence-corrected chi connectivity index (χ3v) is 3.64. The summed E-state index contributed by atoms with van der Waals surface area (Å²) in [5.41, 5.74) is 0. The number of carbonyl (C=O) groups is 2. The first-order chi connectivity index (χ1) is 7.90. The van der Waals surface area contributed by atoms with Crippen LogP contribution in [-0.2, 0) is 14.3 Å². The van der Waals surface area contributed by atoms with E-state index in [1.54, 1.807) is 0 Å². The summed E-state index contributed by atoms with van der Waals surface area (Å²) in [5.74, 6) is 1.10. The summed E-state index contributed by atoms with van der Waals surface area (Å²) in [6, 6.07) is 0. The van der Waals surface area contributed by atoms with E-state index in [9.17, 15) is 9.59 Å². The number of carbonyl (C=O) groups excluding carboxylic acids is 2. The molecule has 3 heteroatoms. The Hall–Kier alpha value is -0.860. The zero-order chi connectivity index (χ0) is 13.0. The van der Waals surface area contributed by atoms with Gasteiger partial charge in [0, 0.05) is 0 Å². The summed E-state index contributed by atoms with van der Waals surface area (Å²) in [7, 11) is 0. The van der Waals surface area contributed by atoms with Crippen LogP contribution in [0.3, 0.4) is 0 Å². The standard InChI is InChI=1S/C14H24O3/c1-9(2)12-6-5-10(3)7-13(12)17-14(16)8-11(4)15/h9-10,12-13H,5-8H2,1-4H3/t10?,12-,13+/m0/s1. The van der Waals surface area contributed by atoms with Crippen LogP contribution in [0.15, 0.2) is 0 Å². The molecule has 0 spiro atoms. The lowest BCUT2D eigenvalue weighted by atomic mass is 9.75. The topological polar surface area (TPSA) is 43.4 Å². The van der Waals surface area contributed by atoms with Gasteiger partial charge in [-0.25, -0.2) is 0 Å². The van der Waals surface area contributed by atoms with Crippen LogP contribution in [-0.4, -0.2) is 17.9 Å². The molecule has 1 unspecified atom stereocenters. The summed E-state index contributed by atoms with van der Waals surface area (Å²) >= 11 is 0. The first kappa shape index (κ1) is 14.2. The van der Waals surface area contributed by atoms with Gasteiger partial charge in [0.1, 0.15) is 18.3 Å². The summed E-state index contributed by atoms with van der Waals surface area (Å²) in [4.78, 5) is 22.4. The van der Waals surface area contributed by atoms with Crippen molar-refractivity contribution >= 4 is 11.8 Å². The molecule has 0 aromatic heterocycles. The fourth-order valence-corrected chi connectivity index (χ4v) is 2.66. The van der Waals surface area contributed by atoms with Gasteiger partial charge in [-0.15, -0.1) is 0 Å². The van der Waals surface area contributed by atoms with Crippen LogP contribution in [0.2, 0.25) is 0 Å². The number of ether oxygens (including phenoxy) is 1. The predicted molar refractivity (Wildman–Crippen MR) is 66.5 cm³/mol. The van der Waals surface area contributed by atoms with Crippen molar-refractivity contribution in [2.45, 2.75) is 59.5 Å². The van der Waals surface area contributed by atoms with Crippen molar-refractivity contribution in [2.24, 2.45) is 17.8 Å². The molecule has 17 heavy (non-hydrogen) atoms. The highest BCUT2D eigenvalue weighted by molar-refractivity contribution is 5.94. The van der Waals surface area contributed by atoms with Gasteiger partial charge in [-0.3, -0.25) is 9.59 Å². The van der Waals surface area contributed by atoms with E-state index in [1.807, 2.05) is 0 Å². The quantitative estimate of drug-likeness (QED) is 0.560. The number of hydrogen-bond donors (Lipinski definition) is 0. The average Bonchev–Trinajstić information content (AvgIpc) is 2.15. The van der Waals surface area contributed by atoms with E-state index in [4.69, 9.17) is 4.74 Å². The van der Waals surface area contributed by atoms with Crippen molar-refractivity contribution in [3.8, 4) is 0 Å². The molecule has 3 atom stereocenters. The molecule has 1 aliphatic carbocycles. The molecule has 0 aromatic rings. The van der Waals surface area contributed by atoms with Gasteiger partial charge in [0.2, 0.25) is 0 Å². The van der Waals surface area contributed by atoms with Crippen LogP contribution in [0.4, 0.5) is 0 Å². The highest BCUT2D eigenvalue weighted by Crippen LogP contribution is 2.35. The van der Waals surface area contributed by atoms with Gasteiger partial charge in [-0.05, 0) is 37.5 Å². The zero-order valence-electron chi connectivity index (χ0n) is 11.4. The van der Waals surface area contributed by atoms with Gasteiger partial charge in [0.15, 0.2) is 0 Å². The maximum atomic E-state index is 11.6. The highest BCUT2D eigenvalue weighted by atomic mass is 16.5. The zero-order valence-corrected chi connectivity index (χ0v) is 11.4. The fraction of sp³-hybridized carbons (Fsp3) is 0.857. The molecular weight excluding hydrogens is 216 g/mol. The Bertz CT molecular complexity index is 283. The Labute approximate surface area is 104 Å². The minimum absolute atomic E-state index is 0.00519. The molecule has 0 bridgehead atoms. The highest BCUT2D eigenvalue weighted by Gasteiger charge is 2.33. The number of esters is 1. The van der Waals surface area contributed by atoms with Crippen molar-refractivity contribution < 1.29 is 14.3 Å². The van der Waals surface area contributed by atoms with Crippen molar-refractivity contribution in [2.75, 3.05) is 0 Å².